The van der Waals surface area contributed by atoms with Gasteiger partial charge in [0.25, 0.3) is 0 Å². The monoisotopic (exact) mass is 515 g/mol. The van der Waals surface area contributed by atoms with Crippen molar-refractivity contribution in [3.05, 3.63) is 65.1 Å². The summed E-state index contributed by atoms with van der Waals surface area (Å²) in [7, 11) is 0. The summed E-state index contributed by atoms with van der Waals surface area (Å²) in [6.45, 7) is 5.58. The molecule has 37 heavy (non-hydrogen) atoms. The Hall–Kier alpha value is -2.90. The van der Waals surface area contributed by atoms with Gasteiger partial charge < -0.3 is 14.8 Å². The fourth-order valence-corrected chi connectivity index (χ4v) is 6.92. The van der Waals surface area contributed by atoms with Crippen molar-refractivity contribution >= 4 is 39.2 Å². The van der Waals surface area contributed by atoms with Crippen molar-refractivity contribution in [2.45, 2.75) is 57.7 Å². The molecular weight excluding hydrogens is 478 g/mol. The Morgan fingerprint density at radius 2 is 1.65 bits per heavy atom. The highest BCUT2D eigenvalue weighted by atomic mass is 32.1. The Morgan fingerprint density at radius 3 is 2.30 bits per heavy atom. The van der Waals surface area contributed by atoms with Crippen LogP contribution in [0.5, 0.6) is 0 Å². The van der Waals surface area contributed by atoms with Crippen molar-refractivity contribution in [3.63, 3.8) is 0 Å². The van der Waals surface area contributed by atoms with Crippen molar-refractivity contribution in [3.8, 4) is 0 Å². The summed E-state index contributed by atoms with van der Waals surface area (Å²) in [4.78, 5) is 21.9. The summed E-state index contributed by atoms with van der Waals surface area (Å²) in [5, 5.41) is 9.17. The number of carbonyl (C=O) groups excluding carboxylic acids is 1. The first kappa shape index (κ1) is 24.4. The predicted octanol–water partition coefficient (Wildman–Crippen LogP) is 6.12. The third-order valence-electron chi connectivity index (χ3n) is 8.26. The fraction of sp³-hybridized carbons (Fsp3) is 0.467. The van der Waals surface area contributed by atoms with Crippen LogP contribution in [0, 0.1) is 5.92 Å². The van der Waals surface area contributed by atoms with E-state index >= 15 is 0 Å². The van der Waals surface area contributed by atoms with E-state index < -0.39 is 0 Å². The number of rotatable bonds is 8. The van der Waals surface area contributed by atoms with Crippen LogP contribution in [0.4, 0.5) is 4.79 Å². The Balaban J connectivity index is 1.12. The number of hydrogen-bond acceptors (Lipinski definition) is 4. The molecule has 2 aromatic heterocycles. The molecule has 4 aromatic rings. The highest BCUT2D eigenvalue weighted by molar-refractivity contribution is 7.09. The molecular formula is C30H37N5OS. The van der Waals surface area contributed by atoms with Crippen LogP contribution >= 0.6 is 11.3 Å². The molecule has 6 rings (SSSR count). The minimum absolute atomic E-state index is 0.149. The molecule has 2 aromatic carbocycles. The van der Waals surface area contributed by atoms with Gasteiger partial charge in [-0.3, -0.25) is 4.90 Å². The summed E-state index contributed by atoms with van der Waals surface area (Å²) in [6, 6.07) is 18.0. The molecule has 0 radical (unpaired) electrons. The molecule has 194 valence electrons. The van der Waals surface area contributed by atoms with Crippen LogP contribution in [-0.2, 0) is 13.1 Å². The third kappa shape index (κ3) is 5.53. The van der Waals surface area contributed by atoms with E-state index in [1.54, 1.807) is 11.3 Å². The number of nitrogens with zero attached hydrogens (tertiary/aromatic N) is 4. The zero-order valence-corrected chi connectivity index (χ0v) is 22.3. The van der Waals surface area contributed by atoms with Crippen LogP contribution in [-0.4, -0.2) is 57.6 Å². The van der Waals surface area contributed by atoms with Gasteiger partial charge in [0.1, 0.15) is 5.01 Å². The lowest BCUT2D eigenvalue weighted by Gasteiger charge is -2.35. The van der Waals surface area contributed by atoms with Gasteiger partial charge in [-0.2, -0.15) is 0 Å². The number of amides is 2. The number of piperidine rings is 1. The van der Waals surface area contributed by atoms with E-state index in [0.29, 0.717) is 12.0 Å². The van der Waals surface area contributed by atoms with Gasteiger partial charge in [-0.15, -0.1) is 11.3 Å². The van der Waals surface area contributed by atoms with Gasteiger partial charge in [0.2, 0.25) is 0 Å². The topological polar surface area (TPSA) is 53.4 Å². The van der Waals surface area contributed by atoms with Crippen molar-refractivity contribution < 1.29 is 4.79 Å². The normalized spacial score (nSPS) is 17.4. The Bertz CT molecular complexity index is 1270. The second-order valence-electron chi connectivity index (χ2n) is 10.7. The number of fused-ring (bicyclic) bond motifs is 3. The van der Waals surface area contributed by atoms with E-state index in [9.17, 15) is 4.79 Å². The number of carbonyl (C=O) groups is 1. The highest BCUT2D eigenvalue weighted by Crippen LogP contribution is 2.29. The van der Waals surface area contributed by atoms with Crippen LogP contribution in [0.1, 0.15) is 43.5 Å². The molecule has 2 amide bonds. The van der Waals surface area contributed by atoms with E-state index in [1.807, 2.05) is 11.1 Å². The zero-order chi connectivity index (χ0) is 25.0. The van der Waals surface area contributed by atoms with Gasteiger partial charge in [-0.25, -0.2) is 9.78 Å². The van der Waals surface area contributed by atoms with Crippen molar-refractivity contribution in [2.24, 2.45) is 5.92 Å². The molecule has 2 fully saturated rings. The van der Waals surface area contributed by atoms with E-state index in [1.165, 1.54) is 39.7 Å². The second kappa shape index (κ2) is 11.2. The summed E-state index contributed by atoms with van der Waals surface area (Å²) in [5.41, 5.74) is 2.61. The minimum atomic E-state index is 0.149. The first-order chi connectivity index (χ1) is 18.2. The molecule has 2 aliphatic rings. The van der Waals surface area contributed by atoms with Crippen LogP contribution in [0.3, 0.4) is 0 Å². The Morgan fingerprint density at radius 1 is 0.973 bits per heavy atom. The number of thiazole rings is 1. The third-order valence-corrected chi connectivity index (χ3v) is 9.03. The number of likely N-dealkylation sites (tertiary alicyclic amines) is 1. The first-order valence-corrected chi connectivity index (χ1v) is 14.7. The standard InChI is InChI=1S/C30H37N5OS/c36-30(32-24-7-1-2-8-24)34-16-13-23(14-17-34)21-33(22-29-31-15-20-37-29)18-19-35-27-11-5-3-9-25(27)26-10-4-6-12-28(26)35/h3-6,9-12,15,20,23-24H,1-2,7-8,13-14,16-19,21-22H2,(H,32,36). The molecule has 0 spiro atoms. The largest absolute Gasteiger partial charge is 0.339 e. The van der Waals surface area contributed by atoms with Crippen molar-refractivity contribution in [2.75, 3.05) is 26.2 Å². The summed E-state index contributed by atoms with van der Waals surface area (Å²) in [5.74, 6) is 0.605. The maximum Gasteiger partial charge on any atom is 0.317 e. The lowest BCUT2D eigenvalue weighted by molar-refractivity contribution is 0.140. The minimum Gasteiger partial charge on any atom is -0.339 e. The maximum atomic E-state index is 12.7. The van der Waals surface area contributed by atoms with Gasteiger partial charge in [-0.05, 0) is 43.7 Å². The number of benzene rings is 2. The van der Waals surface area contributed by atoms with Crippen molar-refractivity contribution in [1.82, 2.24) is 24.7 Å². The van der Waals surface area contributed by atoms with Gasteiger partial charge in [0.05, 0.1) is 6.54 Å². The number of nitrogens with one attached hydrogen (secondary N) is 1. The average Bonchev–Trinajstić information content (AvgIpc) is 3.69. The molecule has 1 saturated heterocycles. The molecule has 1 aliphatic heterocycles. The van der Waals surface area contributed by atoms with Crippen LogP contribution in [0.15, 0.2) is 60.1 Å². The molecule has 1 saturated carbocycles. The highest BCUT2D eigenvalue weighted by Gasteiger charge is 2.27. The number of hydrogen-bond donors (Lipinski definition) is 1. The molecule has 0 unspecified atom stereocenters. The molecule has 6 nitrogen and oxygen atoms in total. The SMILES string of the molecule is O=C(NC1CCCC1)N1CCC(CN(CCn2c3ccccc3c3ccccc32)Cc2nccs2)CC1. The summed E-state index contributed by atoms with van der Waals surface area (Å²) >= 11 is 1.74. The number of aromatic nitrogens is 2. The second-order valence-corrected chi connectivity index (χ2v) is 11.7. The maximum absolute atomic E-state index is 12.7. The summed E-state index contributed by atoms with van der Waals surface area (Å²) in [6.07, 6.45) is 8.82. The van der Waals surface area contributed by atoms with E-state index in [2.05, 4.69) is 73.7 Å². The van der Waals surface area contributed by atoms with Crippen LogP contribution < -0.4 is 5.32 Å². The van der Waals surface area contributed by atoms with Crippen LogP contribution in [0.25, 0.3) is 21.8 Å². The molecule has 0 bridgehead atoms. The lowest BCUT2D eigenvalue weighted by atomic mass is 9.96. The van der Waals surface area contributed by atoms with Gasteiger partial charge in [0, 0.05) is 72.1 Å². The Labute approximate surface area is 223 Å². The molecule has 7 heteroatoms. The average molecular weight is 516 g/mol. The van der Waals surface area contributed by atoms with E-state index in [0.717, 1.165) is 65.0 Å². The first-order valence-electron chi connectivity index (χ1n) is 13.9. The van der Waals surface area contributed by atoms with E-state index in [-0.39, 0.29) is 6.03 Å². The zero-order valence-electron chi connectivity index (χ0n) is 21.5. The lowest BCUT2D eigenvalue weighted by Crippen LogP contribution is -2.48. The quantitative estimate of drug-likeness (QED) is 0.308. The van der Waals surface area contributed by atoms with E-state index in [4.69, 9.17) is 0 Å². The molecule has 1 aliphatic carbocycles. The fourth-order valence-electron chi connectivity index (χ4n) is 6.26. The van der Waals surface area contributed by atoms with Gasteiger partial charge in [0.15, 0.2) is 0 Å². The van der Waals surface area contributed by atoms with Crippen molar-refractivity contribution in [1.29, 1.82) is 0 Å². The number of para-hydroxylation sites is 2. The van der Waals surface area contributed by atoms with Gasteiger partial charge >= 0.3 is 6.03 Å². The van der Waals surface area contributed by atoms with Crippen LogP contribution in [0.2, 0.25) is 0 Å². The Kier molecular flexibility index (Phi) is 7.42. The summed E-state index contributed by atoms with van der Waals surface area (Å²) < 4.78 is 2.48. The molecule has 3 heterocycles. The number of urea groups is 1. The molecule has 0 atom stereocenters. The van der Waals surface area contributed by atoms with Gasteiger partial charge in [-0.1, -0.05) is 49.2 Å². The predicted molar refractivity (Wildman–Crippen MR) is 152 cm³/mol. The smallest absolute Gasteiger partial charge is 0.317 e. The molecule has 1 N–H and O–H groups in total.